The number of unbranched alkanes of at least 4 members (excludes halogenated alkanes) is 64. The average Bonchev–Trinajstić information content (AvgIpc) is 3.58. The molecule has 0 heterocycles. The number of aliphatic hydroxyl groups is 2. The molecule has 6 heteroatoms. The maximum Gasteiger partial charge on any atom is 0.305 e. The first-order valence-corrected chi connectivity index (χ1v) is 40.4. The maximum absolute atomic E-state index is 12.6. The summed E-state index contributed by atoms with van der Waals surface area (Å²) in [4.78, 5) is 24.7. The molecule has 1 amide bonds. The Morgan fingerprint density at radius 2 is 0.540 bits per heavy atom. The first-order valence-electron chi connectivity index (χ1n) is 40.4. The van der Waals surface area contributed by atoms with Gasteiger partial charge in [0.25, 0.3) is 0 Å². The molecule has 0 aromatic carbocycles. The molecule has 2 atom stereocenters. The van der Waals surface area contributed by atoms with Crippen LogP contribution in [0.4, 0.5) is 0 Å². The Kier molecular flexibility index (Phi) is 75.8. The molecule has 0 spiro atoms. The molecule has 0 aliphatic heterocycles. The van der Waals surface area contributed by atoms with E-state index in [-0.39, 0.29) is 18.5 Å². The zero-order valence-electron chi connectivity index (χ0n) is 59.5. The van der Waals surface area contributed by atoms with Crippen molar-refractivity contribution in [1.82, 2.24) is 5.32 Å². The number of nitrogens with one attached hydrogen (secondary N) is 1. The van der Waals surface area contributed by atoms with Gasteiger partial charge >= 0.3 is 5.97 Å². The van der Waals surface area contributed by atoms with Crippen LogP contribution in [0.5, 0.6) is 0 Å². The van der Waals surface area contributed by atoms with Crippen LogP contribution < -0.4 is 5.32 Å². The topological polar surface area (TPSA) is 95.9 Å². The quantitative estimate of drug-likeness (QED) is 0.0320. The van der Waals surface area contributed by atoms with E-state index in [1.807, 2.05) is 0 Å². The van der Waals surface area contributed by atoms with Gasteiger partial charge in [-0.1, -0.05) is 418 Å². The molecule has 3 N–H and O–H groups in total. The fourth-order valence-corrected chi connectivity index (χ4v) is 13.2. The highest BCUT2D eigenvalue weighted by Gasteiger charge is 2.20. The van der Waals surface area contributed by atoms with E-state index in [1.54, 1.807) is 0 Å². The van der Waals surface area contributed by atoms with Gasteiger partial charge in [-0.25, -0.2) is 0 Å². The summed E-state index contributed by atoms with van der Waals surface area (Å²) in [5.74, 6) is -0.00596. The summed E-state index contributed by atoms with van der Waals surface area (Å²) in [6.45, 7) is 5.02. The van der Waals surface area contributed by atoms with E-state index in [0.29, 0.717) is 25.9 Å². The molecule has 0 rings (SSSR count). The molecule has 0 fully saturated rings. The number of carbonyl (C=O) groups is 2. The van der Waals surface area contributed by atoms with E-state index in [0.717, 1.165) is 38.5 Å². The van der Waals surface area contributed by atoms with Crippen molar-refractivity contribution in [3.05, 3.63) is 12.2 Å². The fraction of sp³-hybridized carbons (Fsp3) is 0.951. The summed E-state index contributed by atoms with van der Waals surface area (Å²) >= 11 is 0. The Hall–Kier alpha value is -1.40. The largest absolute Gasteiger partial charge is 0.466 e. The van der Waals surface area contributed by atoms with Gasteiger partial charge in [0.2, 0.25) is 5.91 Å². The van der Waals surface area contributed by atoms with Crippen LogP contribution in [-0.2, 0) is 14.3 Å². The standard InChI is InChI=1S/C81H159NO5/c1-3-5-7-9-11-13-15-17-19-21-22-23-24-32-35-38-42-45-49-53-57-61-65-69-73-79(84)78(77-83)82-80(85)74-70-66-62-58-54-50-46-43-39-36-33-30-28-26-25-27-29-31-34-37-40-44-48-52-56-60-64-68-72-76-87-81(86)75-71-67-63-59-55-51-47-41-20-18-16-14-12-10-8-6-4-2/h25,27,78-79,83-84H,3-24,26,28-77H2,1-2H3,(H,82,85)/b27-25-. The predicted octanol–water partition coefficient (Wildman–Crippen LogP) is 26.7. The highest BCUT2D eigenvalue weighted by Crippen LogP contribution is 2.20. The van der Waals surface area contributed by atoms with E-state index in [9.17, 15) is 19.8 Å². The zero-order chi connectivity index (χ0) is 62.8. The summed E-state index contributed by atoms with van der Waals surface area (Å²) in [5.41, 5.74) is 0. The highest BCUT2D eigenvalue weighted by atomic mass is 16.5. The van der Waals surface area contributed by atoms with Gasteiger partial charge in [-0.3, -0.25) is 9.59 Å². The van der Waals surface area contributed by atoms with Crippen molar-refractivity contribution in [2.45, 2.75) is 482 Å². The van der Waals surface area contributed by atoms with Crippen LogP contribution in [-0.4, -0.2) is 47.4 Å². The summed E-state index contributed by atoms with van der Waals surface area (Å²) in [7, 11) is 0. The number of hydrogen-bond acceptors (Lipinski definition) is 5. The SMILES string of the molecule is CCCCCCCCCCCCCCCCCCCCCCCCCCC(O)C(CO)NC(=O)CCCCCCCCCCCCCCC/C=C\CCCCCCCCCCCCCCOC(=O)CCCCCCCCCCCCCCCCCCC. The third-order valence-corrected chi connectivity index (χ3v) is 19.3. The van der Waals surface area contributed by atoms with Crippen molar-refractivity contribution in [3.63, 3.8) is 0 Å². The molecule has 0 aliphatic carbocycles. The lowest BCUT2D eigenvalue weighted by molar-refractivity contribution is -0.143. The second-order valence-electron chi connectivity index (χ2n) is 28.1. The number of rotatable bonds is 77. The highest BCUT2D eigenvalue weighted by molar-refractivity contribution is 5.76. The van der Waals surface area contributed by atoms with Crippen LogP contribution in [0.3, 0.4) is 0 Å². The Morgan fingerprint density at radius 3 is 0.816 bits per heavy atom. The molecule has 0 aromatic heterocycles. The second-order valence-corrected chi connectivity index (χ2v) is 28.1. The average molecular weight is 1230 g/mol. The van der Waals surface area contributed by atoms with Crippen LogP contribution in [0.25, 0.3) is 0 Å². The Labute approximate surface area is 546 Å². The third kappa shape index (κ3) is 73.5. The number of aliphatic hydroxyl groups excluding tert-OH is 2. The lowest BCUT2D eigenvalue weighted by Gasteiger charge is -2.22. The van der Waals surface area contributed by atoms with Gasteiger partial charge in [-0.15, -0.1) is 0 Å². The molecule has 518 valence electrons. The third-order valence-electron chi connectivity index (χ3n) is 19.3. The molecule has 0 aliphatic rings. The summed E-state index contributed by atoms with van der Waals surface area (Å²) in [6.07, 6.45) is 97.3. The van der Waals surface area contributed by atoms with Crippen LogP contribution in [0, 0.1) is 0 Å². The van der Waals surface area contributed by atoms with Crippen molar-refractivity contribution < 1.29 is 24.5 Å². The summed E-state index contributed by atoms with van der Waals surface area (Å²) < 4.78 is 5.51. The number of amides is 1. The van der Waals surface area contributed by atoms with Crippen molar-refractivity contribution >= 4 is 11.9 Å². The van der Waals surface area contributed by atoms with Gasteiger partial charge in [0.05, 0.1) is 25.4 Å². The lowest BCUT2D eigenvalue weighted by Crippen LogP contribution is -2.45. The zero-order valence-corrected chi connectivity index (χ0v) is 59.5. The van der Waals surface area contributed by atoms with E-state index in [4.69, 9.17) is 4.74 Å². The number of allylic oxidation sites excluding steroid dienone is 2. The van der Waals surface area contributed by atoms with Crippen molar-refractivity contribution in [2.75, 3.05) is 13.2 Å². The van der Waals surface area contributed by atoms with Gasteiger partial charge < -0.3 is 20.3 Å². The van der Waals surface area contributed by atoms with Crippen molar-refractivity contribution in [3.8, 4) is 0 Å². The van der Waals surface area contributed by atoms with Gasteiger partial charge in [-0.05, 0) is 51.4 Å². The lowest BCUT2D eigenvalue weighted by atomic mass is 10.0. The van der Waals surface area contributed by atoms with Crippen molar-refractivity contribution in [2.24, 2.45) is 0 Å². The van der Waals surface area contributed by atoms with Crippen LogP contribution in [0.2, 0.25) is 0 Å². The first-order chi connectivity index (χ1) is 43.0. The summed E-state index contributed by atoms with van der Waals surface area (Å²) in [6, 6.07) is -0.542. The second kappa shape index (κ2) is 77.1. The molecule has 0 bridgehead atoms. The monoisotopic (exact) mass is 1230 g/mol. The number of hydrogen-bond donors (Lipinski definition) is 3. The molecule has 0 saturated carbocycles. The van der Waals surface area contributed by atoms with Gasteiger partial charge in [0.15, 0.2) is 0 Å². The minimum absolute atomic E-state index is 0.0220. The van der Waals surface area contributed by atoms with Crippen LogP contribution >= 0.6 is 0 Å². The maximum atomic E-state index is 12.6. The Balaban J connectivity index is 3.36. The minimum Gasteiger partial charge on any atom is -0.466 e. The van der Waals surface area contributed by atoms with Crippen LogP contribution in [0.1, 0.15) is 470 Å². The summed E-state index contributed by atoms with van der Waals surface area (Å²) in [5, 5.41) is 23.5. The van der Waals surface area contributed by atoms with Crippen molar-refractivity contribution in [1.29, 1.82) is 0 Å². The van der Waals surface area contributed by atoms with E-state index >= 15 is 0 Å². The molecule has 0 radical (unpaired) electrons. The number of ether oxygens (including phenoxy) is 1. The Bertz CT molecular complexity index is 1320. The minimum atomic E-state index is -0.665. The molecule has 6 nitrogen and oxygen atoms in total. The van der Waals surface area contributed by atoms with Crippen LogP contribution in [0.15, 0.2) is 12.2 Å². The molecule has 0 aromatic rings. The number of esters is 1. The number of carbonyl (C=O) groups excluding carboxylic acids is 2. The van der Waals surface area contributed by atoms with E-state index < -0.39 is 12.1 Å². The van der Waals surface area contributed by atoms with E-state index in [2.05, 4.69) is 31.3 Å². The van der Waals surface area contributed by atoms with E-state index in [1.165, 1.54) is 398 Å². The molecular formula is C81H159NO5. The molecule has 87 heavy (non-hydrogen) atoms. The molecular weight excluding hydrogens is 1070 g/mol. The predicted molar refractivity (Wildman–Crippen MR) is 384 cm³/mol. The van der Waals surface area contributed by atoms with Gasteiger partial charge in [0, 0.05) is 12.8 Å². The molecule has 2 unspecified atom stereocenters. The Morgan fingerprint density at radius 1 is 0.310 bits per heavy atom. The fourth-order valence-electron chi connectivity index (χ4n) is 13.2. The molecule has 0 saturated heterocycles. The normalized spacial score (nSPS) is 12.5. The first kappa shape index (κ1) is 85.6. The van der Waals surface area contributed by atoms with Gasteiger partial charge in [-0.2, -0.15) is 0 Å². The smallest absolute Gasteiger partial charge is 0.305 e. The van der Waals surface area contributed by atoms with Gasteiger partial charge in [0.1, 0.15) is 0 Å².